The van der Waals surface area contributed by atoms with Gasteiger partial charge in [-0.3, -0.25) is 4.79 Å². The summed E-state index contributed by atoms with van der Waals surface area (Å²) in [6, 6.07) is 24.1. The van der Waals surface area contributed by atoms with Gasteiger partial charge in [-0.2, -0.15) is 0 Å². The van der Waals surface area contributed by atoms with E-state index in [-0.39, 0.29) is 11.8 Å². The van der Waals surface area contributed by atoms with E-state index in [1.54, 1.807) is 6.20 Å². The first-order chi connectivity index (χ1) is 14.3. The summed E-state index contributed by atoms with van der Waals surface area (Å²) in [5.41, 5.74) is 2.65. The third kappa shape index (κ3) is 5.02. The quantitative estimate of drug-likeness (QED) is 0.581. The van der Waals surface area contributed by atoms with Gasteiger partial charge in [-0.15, -0.1) is 0 Å². The fourth-order valence-electron chi connectivity index (χ4n) is 4.01. The Bertz CT molecular complexity index is 864. The molecule has 1 fully saturated rings. The summed E-state index contributed by atoms with van der Waals surface area (Å²) >= 11 is 0. The Kier molecular flexibility index (Phi) is 6.20. The summed E-state index contributed by atoms with van der Waals surface area (Å²) in [4.78, 5) is 17.7. The standard InChI is InChI=1S/C25H27N3O/c29-25(24(19-10-4-1-5-11-19)20-12-6-2-7-13-20)28-22-16-17-23(26-18-22)27-21-14-8-3-9-15-21/h1-2,4-7,10-13,16-18,21,24H,3,8-9,14-15H2,(H,26,27)(H,28,29). The normalized spacial score (nSPS) is 14.5. The molecule has 0 bridgehead atoms. The van der Waals surface area contributed by atoms with Crippen molar-refractivity contribution in [1.82, 2.24) is 4.98 Å². The van der Waals surface area contributed by atoms with Gasteiger partial charge in [0, 0.05) is 6.04 Å². The first kappa shape index (κ1) is 19.2. The molecule has 0 spiro atoms. The minimum absolute atomic E-state index is 0.0582. The third-order valence-electron chi connectivity index (χ3n) is 5.52. The SMILES string of the molecule is O=C(Nc1ccc(NC2CCCCC2)nc1)C(c1ccccc1)c1ccccc1. The molecule has 2 aromatic carbocycles. The second-order valence-corrected chi connectivity index (χ2v) is 7.66. The van der Waals surface area contributed by atoms with E-state index in [0.717, 1.165) is 16.9 Å². The number of benzene rings is 2. The zero-order chi connectivity index (χ0) is 19.9. The predicted molar refractivity (Wildman–Crippen MR) is 118 cm³/mol. The Labute approximate surface area is 172 Å². The van der Waals surface area contributed by atoms with Gasteiger partial charge in [0.25, 0.3) is 0 Å². The van der Waals surface area contributed by atoms with Gasteiger partial charge < -0.3 is 10.6 Å². The van der Waals surface area contributed by atoms with E-state index in [0.29, 0.717) is 11.7 Å². The van der Waals surface area contributed by atoms with Gasteiger partial charge in [-0.1, -0.05) is 79.9 Å². The largest absolute Gasteiger partial charge is 0.367 e. The molecule has 1 saturated carbocycles. The van der Waals surface area contributed by atoms with Crippen LogP contribution in [-0.4, -0.2) is 16.9 Å². The molecule has 4 heteroatoms. The Morgan fingerprint density at radius 3 is 2.00 bits per heavy atom. The topological polar surface area (TPSA) is 54.0 Å². The highest BCUT2D eigenvalue weighted by atomic mass is 16.1. The molecule has 0 saturated heterocycles. The second-order valence-electron chi connectivity index (χ2n) is 7.66. The van der Waals surface area contributed by atoms with Crippen LogP contribution < -0.4 is 10.6 Å². The molecule has 4 rings (SSSR count). The number of carbonyl (C=O) groups is 1. The summed E-state index contributed by atoms with van der Waals surface area (Å²) in [5, 5.41) is 6.55. The van der Waals surface area contributed by atoms with Crippen molar-refractivity contribution in [2.24, 2.45) is 0 Å². The first-order valence-electron chi connectivity index (χ1n) is 10.4. The van der Waals surface area contributed by atoms with E-state index in [2.05, 4.69) is 15.6 Å². The van der Waals surface area contributed by atoms with E-state index in [4.69, 9.17) is 0 Å². The Morgan fingerprint density at radius 2 is 1.45 bits per heavy atom. The number of nitrogens with zero attached hydrogens (tertiary/aromatic N) is 1. The van der Waals surface area contributed by atoms with Crippen molar-refractivity contribution < 1.29 is 4.79 Å². The Balaban J connectivity index is 1.47. The zero-order valence-electron chi connectivity index (χ0n) is 16.6. The number of pyridine rings is 1. The van der Waals surface area contributed by atoms with Crippen molar-refractivity contribution >= 4 is 17.4 Å². The molecule has 148 valence electrons. The number of anilines is 2. The molecule has 0 radical (unpaired) electrons. The predicted octanol–water partition coefficient (Wildman–Crippen LogP) is 5.60. The van der Waals surface area contributed by atoms with Gasteiger partial charge in [-0.05, 0) is 36.1 Å². The molecule has 1 aliphatic carbocycles. The summed E-state index contributed by atoms with van der Waals surface area (Å²) in [5.74, 6) is 0.451. The minimum atomic E-state index is -0.363. The van der Waals surface area contributed by atoms with Crippen LogP contribution in [0.3, 0.4) is 0 Å². The lowest BCUT2D eigenvalue weighted by molar-refractivity contribution is -0.116. The third-order valence-corrected chi connectivity index (χ3v) is 5.52. The number of nitrogens with one attached hydrogen (secondary N) is 2. The van der Waals surface area contributed by atoms with Gasteiger partial charge in [0.1, 0.15) is 5.82 Å². The first-order valence-corrected chi connectivity index (χ1v) is 10.4. The lowest BCUT2D eigenvalue weighted by Gasteiger charge is -2.23. The number of rotatable bonds is 6. The maximum Gasteiger partial charge on any atom is 0.236 e. The second kappa shape index (κ2) is 9.37. The van der Waals surface area contributed by atoms with Crippen LogP contribution in [0.1, 0.15) is 49.1 Å². The fraction of sp³-hybridized carbons (Fsp3) is 0.280. The highest BCUT2D eigenvalue weighted by molar-refractivity contribution is 5.98. The summed E-state index contributed by atoms with van der Waals surface area (Å²) in [6.07, 6.45) is 8.04. The number of carbonyl (C=O) groups excluding carboxylic acids is 1. The van der Waals surface area contributed by atoms with Crippen molar-refractivity contribution in [1.29, 1.82) is 0 Å². The van der Waals surface area contributed by atoms with Gasteiger partial charge in [0.05, 0.1) is 17.8 Å². The molecular formula is C25H27N3O. The van der Waals surface area contributed by atoms with Gasteiger partial charge in [0.2, 0.25) is 5.91 Å². The molecule has 0 atom stereocenters. The van der Waals surface area contributed by atoms with E-state index < -0.39 is 0 Å². The number of amides is 1. The van der Waals surface area contributed by atoms with Crippen LogP contribution in [0.5, 0.6) is 0 Å². The average Bonchev–Trinajstić information content (AvgIpc) is 2.78. The summed E-state index contributed by atoms with van der Waals surface area (Å²) < 4.78 is 0. The maximum atomic E-state index is 13.2. The minimum Gasteiger partial charge on any atom is -0.367 e. The average molecular weight is 386 g/mol. The van der Waals surface area contributed by atoms with Crippen molar-refractivity contribution in [3.8, 4) is 0 Å². The van der Waals surface area contributed by atoms with Crippen LogP contribution in [0.4, 0.5) is 11.5 Å². The van der Waals surface area contributed by atoms with E-state index >= 15 is 0 Å². The van der Waals surface area contributed by atoms with Crippen molar-refractivity contribution in [3.63, 3.8) is 0 Å². The van der Waals surface area contributed by atoms with Crippen molar-refractivity contribution in [2.45, 2.75) is 44.1 Å². The molecule has 0 aliphatic heterocycles. The highest BCUT2D eigenvalue weighted by Crippen LogP contribution is 2.26. The van der Waals surface area contributed by atoms with E-state index in [1.807, 2.05) is 72.8 Å². The van der Waals surface area contributed by atoms with Crippen LogP contribution in [0.2, 0.25) is 0 Å². The monoisotopic (exact) mass is 385 g/mol. The summed E-state index contributed by atoms with van der Waals surface area (Å²) in [6.45, 7) is 0. The molecule has 1 aliphatic rings. The van der Waals surface area contributed by atoms with E-state index in [9.17, 15) is 4.79 Å². The smallest absolute Gasteiger partial charge is 0.236 e. The lowest BCUT2D eigenvalue weighted by Crippen LogP contribution is -2.23. The highest BCUT2D eigenvalue weighted by Gasteiger charge is 2.22. The van der Waals surface area contributed by atoms with Crippen LogP contribution in [-0.2, 0) is 4.79 Å². The van der Waals surface area contributed by atoms with Crippen LogP contribution in [0.25, 0.3) is 0 Å². The number of hydrogen-bond donors (Lipinski definition) is 2. The molecule has 3 aromatic rings. The van der Waals surface area contributed by atoms with Gasteiger partial charge in [0.15, 0.2) is 0 Å². The van der Waals surface area contributed by atoms with Crippen LogP contribution >= 0.6 is 0 Å². The van der Waals surface area contributed by atoms with Crippen LogP contribution in [0, 0.1) is 0 Å². The van der Waals surface area contributed by atoms with E-state index in [1.165, 1.54) is 32.1 Å². The van der Waals surface area contributed by atoms with Crippen molar-refractivity contribution in [3.05, 3.63) is 90.1 Å². The molecule has 1 heterocycles. The molecule has 0 unspecified atom stereocenters. The molecule has 1 amide bonds. The maximum absolute atomic E-state index is 13.2. The molecule has 1 aromatic heterocycles. The van der Waals surface area contributed by atoms with Gasteiger partial charge >= 0.3 is 0 Å². The zero-order valence-corrected chi connectivity index (χ0v) is 16.6. The lowest BCUT2D eigenvalue weighted by atomic mass is 9.90. The Morgan fingerprint density at radius 1 is 0.828 bits per heavy atom. The molecule has 4 nitrogen and oxygen atoms in total. The van der Waals surface area contributed by atoms with Crippen molar-refractivity contribution in [2.75, 3.05) is 10.6 Å². The van der Waals surface area contributed by atoms with Gasteiger partial charge in [-0.25, -0.2) is 4.98 Å². The fourth-order valence-corrected chi connectivity index (χ4v) is 4.01. The molecular weight excluding hydrogens is 358 g/mol. The Hall–Kier alpha value is -3.14. The summed E-state index contributed by atoms with van der Waals surface area (Å²) in [7, 11) is 0. The van der Waals surface area contributed by atoms with Crippen LogP contribution in [0.15, 0.2) is 79.0 Å². The number of aromatic nitrogens is 1. The molecule has 29 heavy (non-hydrogen) atoms. The number of hydrogen-bond acceptors (Lipinski definition) is 3. The molecule has 2 N–H and O–H groups in total.